The van der Waals surface area contributed by atoms with Crippen molar-refractivity contribution in [1.29, 1.82) is 0 Å². The number of carboxylic acid groups (broad SMARTS) is 1. The Morgan fingerprint density at radius 3 is 2.68 bits per heavy atom. The molecular formula is C18H23BrO3. The third kappa shape index (κ3) is 4.60. The zero-order chi connectivity index (χ0) is 16.1. The van der Waals surface area contributed by atoms with Gasteiger partial charge in [0, 0.05) is 15.6 Å². The number of aliphatic carboxylic acids is 1. The molecule has 120 valence electrons. The summed E-state index contributed by atoms with van der Waals surface area (Å²) < 4.78 is 7.22. The van der Waals surface area contributed by atoms with Crippen LogP contribution in [0.3, 0.4) is 0 Å². The predicted octanol–water partition coefficient (Wildman–Crippen LogP) is 5.12. The van der Waals surface area contributed by atoms with Crippen LogP contribution >= 0.6 is 15.9 Å². The second kappa shape index (κ2) is 7.82. The summed E-state index contributed by atoms with van der Waals surface area (Å²) in [4.78, 5) is 10.8. The number of hydrogen-bond donors (Lipinski definition) is 1. The van der Waals surface area contributed by atoms with Gasteiger partial charge in [0.05, 0.1) is 6.10 Å². The maximum Gasteiger partial charge on any atom is 0.330 e. The second-order valence-electron chi connectivity index (χ2n) is 6.05. The Bertz CT molecular complexity index is 557. The summed E-state index contributed by atoms with van der Waals surface area (Å²) in [5, 5.41) is 8.87. The van der Waals surface area contributed by atoms with Crippen LogP contribution in [0.25, 0.3) is 0 Å². The summed E-state index contributed by atoms with van der Waals surface area (Å²) in [6.45, 7) is 3.72. The summed E-state index contributed by atoms with van der Waals surface area (Å²) in [6, 6.07) is 6.04. The molecule has 2 rings (SSSR count). The van der Waals surface area contributed by atoms with Gasteiger partial charge in [-0.3, -0.25) is 0 Å². The van der Waals surface area contributed by atoms with E-state index < -0.39 is 5.97 Å². The Balaban J connectivity index is 1.84. The molecule has 0 unspecified atom stereocenters. The minimum absolute atomic E-state index is 0.272. The SMILES string of the molecule is C/C(=C\C[C@H]1CC[C@H](Oc2cccc(Br)c2C)CC1)C(=O)O. The van der Waals surface area contributed by atoms with Gasteiger partial charge in [-0.15, -0.1) is 0 Å². The molecule has 1 saturated carbocycles. The molecule has 0 spiro atoms. The van der Waals surface area contributed by atoms with Crippen LogP contribution in [0, 0.1) is 12.8 Å². The monoisotopic (exact) mass is 366 g/mol. The number of allylic oxidation sites excluding steroid dienone is 1. The Morgan fingerprint density at radius 1 is 1.36 bits per heavy atom. The molecule has 0 heterocycles. The van der Waals surface area contributed by atoms with Crippen molar-refractivity contribution in [2.24, 2.45) is 5.92 Å². The molecule has 0 aliphatic heterocycles. The molecule has 4 heteroatoms. The van der Waals surface area contributed by atoms with Gasteiger partial charge in [-0.1, -0.05) is 28.1 Å². The minimum atomic E-state index is -0.817. The molecule has 3 nitrogen and oxygen atoms in total. The molecule has 1 aliphatic rings. The molecule has 0 radical (unpaired) electrons. The Hall–Kier alpha value is -1.29. The van der Waals surface area contributed by atoms with Crippen molar-refractivity contribution in [1.82, 2.24) is 0 Å². The van der Waals surface area contributed by atoms with E-state index in [1.54, 1.807) is 6.92 Å². The number of rotatable bonds is 5. The Labute approximate surface area is 140 Å². The van der Waals surface area contributed by atoms with E-state index in [0.717, 1.165) is 47.9 Å². The Morgan fingerprint density at radius 2 is 2.05 bits per heavy atom. The summed E-state index contributed by atoms with van der Waals surface area (Å²) in [5.41, 5.74) is 1.59. The molecule has 22 heavy (non-hydrogen) atoms. The van der Waals surface area contributed by atoms with Gasteiger partial charge >= 0.3 is 5.97 Å². The van der Waals surface area contributed by atoms with Crippen molar-refractivity contribution in [3.8, 4) is 5.75 Å². The molecule has 0 bridgehead atoms. The van der Waals surface area contributed by atoms with Crippen LogP contribution in [0.2, 0.25) is 0 Å². The maximum atomic E-state index is 10.8. The molecule has 1 aromatic carbocycles. The third-order valence-corrected chi connectivity index (χ3v) is 5.26. The van der Waals surface area contributed by atoms with Crippen LogP contribution in [0.15, 0.2) is 34.3 Å². The topological polar surface area (TPSA) is 46.5 Å². The number of halogens is 1. The lowest BCUT2D eigenvalue weighted by molar-refractivity contribution is -0.132. The van der Waals surface area contributed by atoms with Crippen molar-refractivity contribution in [3.05, 3.63) is 39.9 Å². The van der Waals surface area contributed by atoms with Gasteiger partial charge in [0.15, 0.2) is 0 Å². The molecule has 1 N–H and O–H groups in total. The first-order chi connectivity index (χ1) is 10.5. The molecule has 1 fully saturated rings. The van der Waals surface area contributed by atoms with E-state index in [1.165, 1.54) is 0 Å². The number of ether oxygens (including phenoxy) is 1. The predicted molar refractivity (Wildman–Crippen MR) is 91.3 cm³/mol. The summed E-state index contributed by atoms with van der Waals surface area (Å²) in [5.74, 6) is 0.722. The van der Waals surface area contributed by atoms with Gasteiger partial charge in [0.2, 0.25) is 0 Å². The fourth-order valence-electron chi connectivity index (χ4n) is 2.81. The van der Waals surface area contributed by atoms with E-state index in [-0.39, 0.29) is 6.10 Å². The number of carbonyl (C=O) groups is 1. The van der Waals surface area contributed by atoms with Gasteiger partial charge in [-0.2, -0.15) is 0 Å². The first-order valence-electron chi connectivity index (χ1n) is 7.79. The van der Waals surface area contributed by atoms with E-state index in [2.05, 4.69) is 22.9 Å². The fraction of sp³-hybridized carbons (Fsp3) is 0.500. The van der Waals surface area contributed by atoms with Gasteiger partial charge in [-0.25, -0.2) is 4.79 Å². The normalized spacial score (nSPS) is 22.4. The smallest absolute Gasteiger partial charge is 0.330 e. The van der Waals surface area contributed by atoms with Gasteiger partial charge < -0.3 is 9.84 Å². The second-order valence-corrected chi connectivity index (χ2v) is 6.91. The van der Waals surface area contributed by atoms with Crippen LogP contribution in [0.4, 0.5) is 0 Å². The lowest BCUT2D eigenvalue weighted by atomic mass is 9.85. The van der Waals surface area contributed by atoms with Crippen molar-refractivity contribution < 1.29 is 14.6 Å². The van der Waals surface area contributed by atoms with Gasteiger partial charge in [0.25, 0.3) is 0 Å². The molecule has 1 aromatic rings. The van der Waals surface area contributed by atoms with Crippen LogP contribution in [0.5, 0.6) is 5.75 Å². The maximum absolute atomic E-state index is 10.8. The standard InChI is InChI=1S/C18H23BrO3/c1-12(18(20)21)6-7-14-8-10-15(11-9-14)22-17-5-3-4-16(19)13(17)2/h3-6,14-15H,7-11H2,1-2H3,(H,20,21)/b12-6+/t14-,15-. The van der Waals surface area contributed by atoms with E-state index in [1.807, 2.05) is 24.3 Å². The van der Waals surface area contributed by atoms with Crippen molar-refractivity contribution in [3.63, 3.8) is 0 Å². The third-order valence-electron chi connectivity index (χ3n) is 4.40. The van der Waals surface area contributed by atoms with Crippen LogP contribution < -0.4 is 4.74 Å². The number of hydrogen-bond acceptors (Lipinski definition) is 2. The lowest BCUT2D eigenvalue weighted by Crippen LogP contribution is -2.24. The van der Waals surface area contributed by atoms with E-state index in [4.69, 9.17) is 9.84 Å². The molecule has 0 atom stereocenters. The highest BCUT2D eigenvalue weighted by molar-refractivity contribution is 9.10. The average molecular weight is 367 g/mol. The highest BCUT2D eigenvalue weighted by Gasteiger charge is 2.22. The van der Waals surface area contributed by atoms with Crippen molar-refractivity contribution in [2.45, 2.75) is 52.1 Å². The average Bonchev–Trinajstić information content (AvgIpc) is 2.50. The molecule has 1 aliphatic carbocycles. The molecular weight excluding hydrogens is 344 g/mol. The molecule has 0 aromatic heterocycles. The summed E-state index contributed by atoms with van der Waals surface area (Å²) in [7, 11) is 0. The number of carboxylic acids is 1. The summed E-state index contributed by atoms with van der Waals surface area (Å²) >= 11 is 3.53. The summed E-state index contributed by atoms with van der Waals surface area (Å²) in [6.07, 6.45) is 7.26. The Kier molecular flexibility index (Phi) is 6.07. The van der Waals surface area contributed by atoms with Crippen LogP contribution in [-0.2, 0) is 4.79 Å². The van der Waals surface area contributed by atoms with E-state index in [9.17, 15) is 4.79 Å². The lowest BCUT2D eigenvalue weighted by Gasteiger charge is -2.29. The van der Waals surface area contributed by atoms with E-state index in [0.29, 0.717) is 11.5 Å². The van der Waals surface area contributed by atoms with Gasteiger partial charge in [-0.05, 0) is 64.0 Å². The van der Waals surface area contributed by atoms with Gasteiger partial charge in [0.1, 0.15) is 5.75 Å². The zero-order valence-electron chi connectivity index (χ0n) is 13.1. The van der Waals surface area contributed by atoms with E-state index >= 15 is 0 Å². The number of benzene rings is 1. The quantitative estimate of drug-likeness (QED) is 0.735. The highest BCUT2D eigenvalue weighted by atomic mass is 79.9. The molecule has 0 amide bonds. The highest BCUT2D eigenvalue weighted by Crippen LogP contribution is 2.32. The fourth-order valence-corrected chi connectivity index (χ4v) is 3.16. The first-order valence-corrected chi connectivity index (χ1v) is 8.58. The molecule has 0 saturated heterocycles. The van der Waals surface area contributed by atoms with Crippen LogP contribution in [0.1, 0.15) is 44.6 Å². The largest absolute Gasteiger partial charge is 0.490 e. The zero-order valence-corrected chi connectivity index (χ0v) is 14.7. The van der Waals surface area contributed by atoms with Crippen LogP contribution in [-0.4, -0.2) is 17.2 Å². The minimum Gasteiger partial charge on any atom is -0.490 e. The first kappa shape index (κ1) is 17.1. The van der Waals surface area contributed by atoms with Crippen molar-refractivity contribution in [2.75, 3.05) is 0 Å². The van der Waals surface area contributed by atoms with Crippen molar-refractivity contribution >= 4 is 21.9 Å².